The van der Waals surface area contributed by atoms with Crippen LogP contribution in [-0.2, 0) is 4.74 Å². The molecule has 0 unspecified atom stereocenters. The quantitative estimate of drug-likeness (QED) is 0.534. The van der Waals surface area contributed by atoms with Crippen LogP contribution in [0.4, 0.5) is 0 Å². The van der Waals surface area contributed by atoms with E-state index in [0.717, 1.165) is 26.1 Å². The molecule has 1 N–H and O–H groups in total. The van der Waals surface area contributed by atoms with Crippen LogP contribution in [0, 0.1) is 0 Å². The van der Waals surface area contributed by atoms with Gasteiger partial charge in [0.15, 0.2) is 0 Å². The Labute approximate surface area is 82.3 Å². The molecule has 0 amide bonds. The van der Waals surface area contributed by atoms with E-state index in [-0.39, 0.29) is 0 Å². The molecule has 2 nitrogen and oxygen atoms in total. The third-order valence-electron chi connectivity index (χ3n) is 2.09. The molecule has 0 aliphatic carbocycles. The van der Waals surface area contributed by atoms with Crippen molar-refractivity contribution in [2.24, 2.45) is 0 Å². The van der Waals surface area contributed by atoms with Gasteiger partial charge < -0.3 is 9.84 Å². The van der Waals surface area contributed by atoms with Crippen LogP contribution < -0.4 is 0 Å². The second kappa shape index (κ2) is 11.9. The molecular formula is C11H24O2. The first kappa shape index (κ1) is 12.9. The van der Waals surface area contributed by atoms with E-state index in [0.29, 0.717) is 6.61 Å². The average molecular weight is 188 g/mol. The van der Waals surface area contributed by atoms with E-state index in [1.807, 2.05) is 0 Å². The van der Waals surface area contributed by atoms with Gasteiger partial charge in [0.1, 0.15) is 0 Å². The van der Waals surface area contributed by atoms with Crippen LogP contribution in [-0.4, -0.2) is 24.9 Å². The van der Waals surface area contributed by atoms with Crippen molar-refractivity contribution < 1.29 is 9.84 Å². The predicted octanol–water partition coefficient (Wildman–Crippen LogP) is 2.75. The number of rotatable bonds is 10. The van der Waals surface area contributed by atoms with E-state index in [1.54, 1.807) is 0 Å². The number of aliphatic hydroxyl groups is 1. The highest BCUT2D eigenvalue weighted by atomic mass is 16.5. The topological polar surface area (TPSA) is 29.5 Å². The van der Waals surface area contributed by atoms with E-state index in [4.69, 9.17) is 9.84 Å². The van der Waals surface area contributed by atoms with Crippen molar-refractivity contribution in [1.82, 2.24) is 0 Å². The molecule has 0 spiro atoms. The lowest BCUT2D eigenvalue weighted by Crippen LogP contribution is -1.98. The van der Waals surface area contributed by atoms with Crippen LogP contribution in [0.1, 0.15) is 51.9 Å². The van der Waals surface area contributed by atoms with Gasteiger partial charge in [-0.05, 0) is 19.3 Å². The molecule has 0 rings (SSSR count). The lowest BCUT2D eigenvalue weighted by atomic mass is 10.2. The molecule has 2 heteroatoms. The molecule has 0 atom stereocenters. The third-order valence-corrected chi connectivity index (χ3v) is 2.09. The summed E-state index contributed by atoms with van der Waals surface area (Å²) in [5.41, 5.74) is 0. The Morgan fingerprint density at radius 2 is 1.46 bits per heavy atom. The average Bonchev–Trinajstić information content (AvgIpc) is 2.16. The highest BCUT2D eigenvalue weighted by molar-refractivity contribution is 4.42. The van der Waals surface area contributed by atoms with Crippen LogP contribution in [0.3, 0.4) is 0 Å². The first-order valence-corrected chi connectivity index (χ1v) is 5.60. The number of hydrogen-bond donors (Lipinski definition) is 1. The molecule has 0 aliphatic rings. The highest BCUT2D eigenvalue weighted by Gasteiger charge is 1.90. The molecule has 0 aromatic rings. The Balaban J connectivity index is 2.76. The Morgan fingerprint density at radius 3 is 2.08 bits per heavy atom. The molecule has 0 fully saturated rings. The van der Waals surface area contributed by atoms with Crippen LogP contribution in [0.2, 0.25) is 0 Å². The summed E-state index contributed by atoms with van der Waals surface area (Å²) in [4.78, 5) is 0. The van der Waals surface area contributed by atoms with Crippen molar-refractivity contribution in [3.63, 3.8) is 0 Å². The Bertz CT molecular complexity index is 74.2. The summed E-state index contributed by atoms with van der Waals surface area (Å²) < 4.78 is 5.40. The molecule has 80 valence electrons. The van der Waals surface area contributed by atoms with Gasteiger partial charge in [0.25, 0.3) is 0 Å². The van der Waals surface area contributed by atoms with Crippen LogP contribution in [0.15, 0.2) is 0 Å². The highest BCUT2D eigenvalue weighted by Crippen LogP contribution is 2.02. The van der Waals surface area contributed by atoms with Crippen molar-refractivity contribution in [3.05, 3.63) is 0 Å². The predicted molar refractivity (Wildman–Crippen MR) is 55.9 cm³/mol. The van der Waals surface area contributed by atoms with Gasteiger partial charge in [0, 0.05) is 19.8 Å². The van der Waals surface area contributed by atoms with Gasteiger partial charge in [-0.3, -0.25) is 0 Å². The minimum atomic E-state index is 0.292. The van der Waals surface area contributed by atoms with Gasteiger partial charge in [0.2, 0.25) is 0 Å². The van der Waals surface area contributed by atoms with Crippen molar-refractivity contribution >= 4 is 0 Å². The lowest BCUT2D eigenvalue weighted by molar-refractivity contribution is 0.121. The van der Waals surface area contributed by atoms with E-state index >= 15 is 0 Å². The second-order valence-corrected chi connectivity index (χ2v) is 3.46. The van der Waals surface area contributed by atoms with E-state index in [1.165, 1.54) is 32.1 Å². The summed E-state index contributed by atoms with van der Waals surface area (Å²) in [6, 6.07) is 0. The van der Waals surface area contributed by atoms with Gasteiger partial charge >= 0.3 is 0 Å². The van der Waals surface area contributed by atoms with Gasteiger partial charge in [-0.2, -0.15) is 0 Å². The molecule has 0 radical (unpaired) electrons. The summed E-state index contributed by atoms with van der Waals surface area (Å²) in [5, 5.41) is 8.51. The fourth-order valence-electron chi connectivity index (χ4n) is 1.23. The van der Waals surface area contributed by atoms with Crippen LogP contribution >= 0.6 is 0 Å². The van der Waals surface area contributed by atoms with E-state index in [9.17, 15) is 0 Å². The molecule has 13 heavy (non-hydrogen) atoms. The van der Waals surface area contributed by atoms with Gasteiger partial charge in [0.05, 0.1) is 0 Å². The molecular weight excluding hydrogens is 164 g/mol. The maximum absolute atomic E-state index is 8.51. The Morgan fingerprint density at radius 1 is 0.846 bits per heavy atom. The van der Waals surface area contributed by atoms with E-state index < -0.39 is 0 Å². The van der Waals surface area contributed by atoms with Crippen molar-refractivity contribution in [2.45, 2.75) is 51.9 Å². The molecule has 0 bridgehead atoms. The van der Waals surface area contributed by atoms with Crippen LogP contribution in [0.5, 0.6) is 0 Å². The number of ether oxygens (including phenoxy) is 1. The zero-order valence-corrected chi connectivity index (χ0v) is 8.93. The zero-order valence-electron chi connectivity index (χ0n) is 8.93. The fraction of sp³-hybridized carbons (Fsp3) is 1.00. The Kier molecular flexibility index (Phi) is 11.8. The first-order chi connectivity index (χ1) is 6.41. The monoisotopic (exact) mass is 188 g/mol. The van der Waals surface area contributed by atoms with Crippen molar-refractivity contribution in [1.29, 1.82) is 0 Å². The summed E-state index contributed by atoms with van der Waals surface area (Å²) in [7, 11) is 0. The van der Waals surface area contributed by atoms with Gasteiger partial charge in [-0.15, -0.1) is 0 Å². The summed E-state index contributed by atoms with van der Waals surface area (Å²) in [5.74, 6) is 0. The number of unbranched alkanes of at least 4 members (excludes halogenated alkanes) is 5. The fourth-order valence-corrected chi connectivity index (χ4v) is 1.23. The molecule has 0 aromatic carbocycles. The standard InChI is InChI=1S/C11H24O2/c1-2-3-4-5-7-10-13-11-8-6-9-12/h12H,2-11H2,1H3. The zero-order chi connectivity index (χ0) is 9.78. The van der Waals surface area contributed by atoms with Crippen molar-refractivity contribution in [3.8, 4) is 0 Å². The maximum Gasteiger partial charge on any atom is 0.0466 e. The van der Waals surface area contributed by atoms with Gasteiger partial charge in [-0.1, -0.05) is 32.6 Å². The summed E-state index contributed by atoms with van der Waals surface area (Å²) >= 11 is 0. The van der Waals surface area contributed by atoms with Crippen LogP contribution in [0.25, 0.3) is 0 Å². The minimum Gasteiger partial charge on any atom is -0.396 e. The molecule has 0 saturated carbocycles. The second-order valence-electron chi connectivity index (χ2n) is 3.46. The summed E-state index contributed by atoms with van der Waals surface area (Å²) in [6.45, 7) is 4.23. The number of hydrogen-bond acceptors (Lipinski definition) is 2. The molecule has 0 saturated heterocycles. The molecule has 0 aromatic heterocycles. The van der Waals surface area contributed by atoms with Crippen molar-refractivity contribution in [2.75, 3.05) is 19.8 Å². The largest absolute Gasteiger partial charge is 0.396 e. The summed E-state index contributed by atoms with van der Waals surface area (Å²) in [6.07, 6.45) is 8.35. The number of aliphatic hydroxyl groups excluding tert-OH is 1. The first-order valence-electron chi connectivity index (χ1n) is 5.60. The molecule has 0 heterocycles. The molecule has 0 aliphatic heterocycles. The Hall–Kier alpha value is -0.0800. The van der Waals surface area contributed by atoms with Gasteiger partial charge in [-0.25, -0.2) is 0 Å². The third kappa shape index (κ3) is 11.9. The SMILES string of the molecule is CCCCCCCOCCCCO. The lowest BCUT2D eigenvalue weighted by Gasteiger charge is -2.02. The minimum absolute atomic E-state index is 0.292. The normalized spacial score (nSPS) is 10.6. The maximum atomic E-state index is 8.51. The van der Waals surface area contributed by atoms with E-state index in [2.05, 4.69) is 6.92 Å². The smallest absolute Gasteiger partial charge is 0.0466 e.